The molecule has 2 aromatic rings. The number of nitrogens with zero attached hydrogens (tertiary/aromatic N) is 3. The van der Waals surface area contributed by atoms with Gasteiger partial charge in [-0.2, -0.15) is 4.98 Å². The number of benzene rings is 1. The zero-order valence-electron chi connectivity index (χ0n) is 16.1. The summed E-state index contributed by atoms with van der Waals surface area (Å²) in [5.41, 5.74) is 3.08. The molecule has 1 saturated carbocycles. The fourth-order valence-electron chi connectivity index (χ4n) is 3.46. The van der Waals surface area contributed by atoms with E-state index in [-0.39, 0.29) is 5.92 Å². The van der Waals surface area contributed by atoms with Gasteiger partial charge in [0.05, 0.1) is 12.3 Å². The molecule has 5 heteroatoms. The monoisotopic (exact) mass is 365 g/mol. The Balaban J connectivity index is 1.65. The molecular weight excluding hydrogens is 338 g/mol. The molecule has 5 nitrogen and oxygen atoms in total. The summed E-state index contributed by atoms with van der Waals surface area (Å²) in [4.78, 5) is 24.1. The summed E-state index contributed by atoms with van der Waals surface area (Å²) in [5.74, 6) is 2.38. The number of carbonyl (C=O) groups excluding carboxylic acids is 1. The number of hydrogen-bond acceptors (Lipinski definition) is 4. The molecule has 1 amide bonds. The first-order valence-electron chi connectivity index (χ1n) is 9.98. The Bertz CT molecular complexity index is 816. The number of rotatable bonds is 5. The SMILES string of the molecule is CC(C)COc1nc(-c2ccccc2)nc2c1CCN(C(=O)C1CC1)CC2. The van der Waals surface area contributed by atoms with E-state index in [1.54, 1.807) is 0 Å². The van der Waals surface area contributed by atoms with Gasteiger partial charge in [-0.25, -0.2) is 4.98 Å². The van der Waals surface area contributed by atoms with E-state index in [4.69, 9.17) is 14.7 Å². The van der Waals surface area contributed by atoms with E-state index in [1.807, 2.05) is 35.2 Å². The van der Waals surface area contributed by atoms with Crippen LogP contribution < -0.4 is 4.74 Å². The fourth-order valence-corrected chi connectivity index (χ4v) is 3.46. The predicted molar refractivity (Wildman–Crippen MR) is 105 cm³/mol. The second-order valence-electron chi connectivity index (χ2n) is 7.95. The van der Waals surface area contributed by atoms with Crippen molar-refractivity contribution in [3.8, 4) is 17.3 Å². The lowest BCUT2D eigenvalue weighted by atomic mass is 10.1. The molecule has 2 heterocycles. The van der Waals surface area contributed by atoms with Crippen LogP contribution >= 0.6 is 0 Å². The van der Waals surface area contributed by atoms with Gasteiger partial charge in [0, 0.05) is 36.6 Å². The van der Waals surface area contributed by atoms with Crippen LogP contribution in [-0.2, 0) is 17.6 Å². The average molecular weight is 365 g/mol. The molecule has 0 bridgehead atoms. The number of ether oxygens (including phenoxy) is 1. The molecule has 142 valence electrons. The fraction of sp³-hybridized carbons (Fsp3) is 0.500. The van der Waals surface area contributed by atoms with Crippen LogP contribution in [0.3, 0.4) is 0 Å². The highest BCUT2D eigenvalue weighted by molar-refractivity contribution is 5.81. The van der Waals surface area contributed by atoms with Gasteiger partial charge in [-0.05, 0) is 25.2 Å². The van der Waals surface area contributed by atoms with Crippen molar-refractivity contribution in [2.75, 3.05) is 19.7 Å². The molecule has 1 aliphatic carbocycles. The third kappa shape index (κ3) is 4.12. The molecule has 27 heavy (non-hydrogen) atoms. The van der Waals surface area contributed by atoms with Crippen LogP contribution in [0.25, 0.3) is 11.4 Å². The van der Waals surface area contributed by atoms with Crippen molar-refractivity contribution >= 4 is 5.91 Å². The average Bonchev–Trinajstić information content (AvgIpc) is 3.53. The number of amides is 1. The Morgan fingerprint density at radius 1 is 1.15 bits per heavy atom. The first-order chi connectivity index (χ1) is 13.1. The summed E-state index contributed by atoms with van der Waals surface area (Å²) in [7, 11) is 0. The van der Waals surface area contributed by atoms with Gasteiger partial charge in [-0.15, -0.1) is 0 Å². The summed E-state index contributed by atoms with van der Waals surface area (Å²) in [5, 5.41) is 0. The Hall–Kier alpha value is -2.43. The molecule has 1 fully saturated rings. The second kappa shape index (κ2) is 7.67. The molecule has 4 rings (SSSR count). The summed E-state index contributed by atoms with van der Waals surface area (Å²) in [6.07, 6.45) is 3.61. The minimum atomic E-state index is 0.258. The van der Waals surface area contributed by atoms with Gasteiger partial charge in [0.2, 0.25) is 11.8 Å². The normalized spacial score (nSPS) is 16.8. The number of hydrogen-bond donors (Lipinski definition) is 0. The van der Waals surface area contributed by atoms with Crippen LogP contribution in [-0.4, -0.2) is 40.5 Å². The van der Waals surface area contributed by atoms with Gasteiger partial charge in [-0.1, -0.05) is 44.2 Å². The Labute approximate surface area is 160 Å². The molecule has 1 aliphatic heterocycles. The Kier molecular flexibility index (Phi) is 5.10. The molecule has 0 saturated heterocycles. The smallest absolute Gasteiger partial charge is 0.225 e. The van der Waals surface area contributed by atoms with E-state index in [0.717, 1.165) is 55.6 Å². The molecule has 0 N–H and O–H groups in total. The molecule has 1 aromatic heterocycles. The molecule has 0 radical (unpaired) electrons. The third-order valence-corrected chi connectivity index (χ3v) is 5.13. The minimum Gasteiger partial charge on any atom is -0.477 e. The van der Waals surface area contributed by atoms with Crippen LogP contribution in [0.4, 0.5) is 0 Å². The summed E-state index contributed by atoms with van der Waals surface area (Å²) in [6.45, 7) is 6.36. The molecule has 1 aromatic carbocycles. The maximum Gasteiger partial charge on any atom is 0.225 e. The molecule has 0 unspecified atom stereocenters. The Morgan fingerprint density at radius 2 is 1.89 bits per heavy atom. The van der Waals surface area contributed by atoms with Gasteiger partial charge in [0.25, 0.3) is 0 Å². The maximum absolute atomic E-state index is 12.5. The topological polar surface area (TPSA) is 55.3 Å². The van der Waals surface area contributed by atoms with Crippen molar-refractivity contribution in [1.29, 1.82) is 0 Å². The summed E-state index contributed by atoms with van der Waals surface area (Å²) in [6, 6.07) is 10.0. The summed E-state index contributed by atoms with van der Waals surface area (Å²) < 4.78 is 6.08. The predicted octanol–water partition coefficient (Wildman–Crippen LogP) is 3.52. The van der Waals surface area contributed by atoms with Crippen molar-refractivity contribution in [3.63, 3.8) is 0 Å². The van der Waals surface area contributed by atoms with Gasteiger partial charge >= 0.3 is 0 Å². The number of fused-ring (bicyclic) bond motifs is 1. The Morgan fingerprint density at radius 3 is 2.59 bits per heavy atom. The zero-order valence-corrected chi connectivity index (χ0v) is 16.1. The standard InChI is InChI=1S/C22H27N3O2/c1-15(2)14-27-21-18-10-12-25(22(26)17-8-9-17)13-11-19(18)23-20(24-21)16-6-4-3-5-7-16/h3-7,15,17H,8-14H2,1-2H3. The van der Waals surface area contributed by atoms with E-state index in [0.29, 0.717) is 30.1 Å². The quantitative estimate of drug-likeness (QED) is 0.814. The van der Waals surface area contributed by atoms with Crippen molar-refractivity contribution in [1.82, 2.24) is 14.9 Å². The lowest BCUT2D eigenvalue weighted by Crippen LogP contribution is -2.34. The van der Waals surface area contributed by atoms with Crippen LogP contribution in [0.2, 0.25) is 0 Å². The molecule has 0 atom stereocenters. The van der Waals surface area contributed by atoms with Gasteiger partial charge in [-0.3, -0.25) is 4.79 Å². The largest absolute Gasteiger partial charge is 0.477 e. The first kappa shape index (κ1) is 18.0. The third-order valence-electron chi connectivity index (χ3n) is 5.13. The molecular formula is C22H27N3O2. The van der Waals surface area contributed by atoms with Crippen molar-refractivity contribution in [2.45, 2.75) is 39.5 Å². The van der Waals surface area contributed by atoms with Crippen LogP contribution in [0, 0.1) is 11.8 Å². The lowest BCUT2D eigenvalue weighted by Gasteiger charge is -2.19. The van der Waals surface area contributed by atoms with Crippen molar-refractivity contribution in [2.24, 2.45) is 11.8 Å². The highest BCUT2D eigenvalue weighted by Crippen LogP contribution is 2.33. The van der Waals surface area contributed by atoms with E-state index in [1.165, 1.54) is 0 Å². The van der Waals surface area contributed by atoms with Crippen molar-refractivity contribution < 1.29 is 9.53 Å². The van der Waals surface area contributed by atoms with Crippen LogP contribution in [0.15, 0.2) is 30.3 Å². The summed E-state index contributed by atoms with van der Waals surface area (Å²) >= 11 is 0. The highest BCUT2D eigenvalue weighted by atomic mass is 16.5. The highest BCUT2D eigenvalue weighted by Gasteiger charge is 2.34. The maximum atomic E-state index is 12.5. The van der Waals surface area contributed by atoms with E-state index < -0.39 is 0 Å². The first-order valence-corrected chi connectivity index (χ1v) is 9.98. The van der Waals surface area contributed by atoms with Crippen LogP contribution in [0.5, 0.6) is 5.88 Å². The molecule has 0 spiro atoms. The van der Waals surface area contributed by atoms with Gasteiger partial charge in [0.1, 0.15) is 0 Å². The zero-order chi connectivity index (χ0) is 18.8. The van der Waals surface area contributed by atoms with Gasteiger partial charge < -0.3 is 9.64 Å². The van der Waals surface area contributed by atoms with Crippen molar-refractivity contribution in [3.05, 3.63) is 41.6 Å². The van der Waals surface area contributed by atoms with Crippen LogP contribution in [0.1, 0.15) is 37.9 Å². The molecule has 2 aliphatic rings. The van der Waals surface area contributed by atoms with E-state index in [2.05, 4.69) is 13.8 Å². The number of aromatic nitrogens is 2. The van der Waals surface area contributed by atoms with E-state index in [9.17, 15) is 4.79 Å². The van der Waals surface area contributed by atoms with Gasteiger partial charge in [0.15, 0.2) is 5.82 Å². The lowest BCUT2D eigenvalue weighted by molar-refractivity contribution is -0.132. The second-order valence-corrected chi connectivity index (χ2v) is 7.95. The van der Waals surface area contributed by atoms with E-state index >= 15 is 0 Å². The minimum absolute atomic E-state index is 0.258. The number of carbonyl (C=O) groups is 1.